The van der Waals surface area contributed by atoms with Crippen LogP contribution in [0.1, 0.15) is 5.56 Å². The van der Waals surface area contributed by atoms with Gasteiger partial charge in [-0.1, -0.05) is 15.9 Å². The van der Waals surface area contributed by atoms with E-state index in [1.807, 2.05) is 0 Å². The van der Waals surface area contributed by atoms with Crippen LogP contribution < -0.4 is 5.32 Å². The Morgan fingerprint density at radius 2 is 1.93 bits per heavy atom. The maximum absolute atomic E-state index is 11.9. The Morgan fingerprint density at radius 1 is 1.33 bits per heavy atom. The van der Waals surface area contributed by atoms with E-state index in [1.54, 1.807) is 18.3 Å². The fraction of sp³-hybridized carbons (Fsp3) is 0.222. The lowest BCUT2D eigenvalue weighted by atomic mass is 10.2. The largest absolute Gasteiger partial charge is 0.471 e. The SMILES string of the molecule is Cc1cc(Br)cc(NC(=O)C(F)(F)F)c1. The van der Waals surface area contributed by atoms with Gasteiger partial charge >= 0.3 is 12.1 Å². The highest BCUT2D eigenvalue weighted by Gasteiger charge is 2.38. The molecule has 0 aliphatic carbocycles. The number of carbonyl (C=O) groups excluding carboxylic acids is 1. The third-order valence-corrected chi connectivity index (χ3v) is 2.02. The van der Waals surface area contributed by atoms with Crippen molar-refractivity contribution in [2.75, 3.05) is 5.32 Å². The van der Waals surface area contributed by atoms with Gasteiger partial charge in [0.1, 0.15) is 0 Å². The summed E-state index contributed by atoms with van der Waals surface area (Å²) < 4.78 is 36.3. The molecule has 0 aliphatic heterocycles. The zero-order valence-corrected chi connectivity index (χ0v) is 9.24. The summed E-state index contributed by atoms with van der Waals surface area (Å²) in [6.45, 7) is 1.72. The third-order valence-electron chi connectivity index (χ3n) is 1.56. The summed E-state index contributed by atoms with van der Waals surface area (Å²) in [6.07, 6.45) is -4.86. The number of carbonyl (C=O) groups is 1. The Hall–Kier alpha value is -1.04. The molecule has 1 amide bonds. The summed E-state index contributed by atoms with van der Waals surface area (Å²) in [5.41, 5.74) is 0.867. The summed E-state index contributed by atoms with van der Waals surface area (Å²) in [5, 5.41) is 1.77. The smallest absolute Gasteiger partial charge is 0.318 e. The molecule has 0 heterocycles. The van der Waals surface area contributed by atoms with Crippen molar-refractivity contribution < 1.29 is 18.0 Å². The third kappa shape index (κ3) is 3.54. The van der Waals surface area contributed by atoms with E-state index >= 15 is 0 Å². The number of nitrogens with one attached hydrogen (secondary N) is 1. The molecule has 0 spiro atoms. The minimum Gasteiger partial charge on any atom is -0.318 e. The van der Waals surface area contributed by atoms with Crippen LogP contribution in [-0.2, 0) is 4.79 Å². The highest BCUT2D eigenvalue weighted by atomic mass is 79.9. The zero-order valence-electron chi connectivity index (χ0n) is 7.65. The normalized spacial score (nSPS) is 11.3. The predicted octanol–water partition coefficient (Wildman–Crippen LogP) is 3.26. The molecule has 1 aromatic carbocycles. The first-order chi connectivity index (χ1) is 6.79. The minimum atomic E-state index is -4.86. The summed E-state index contributed by atoms with van der Waals surface area (Å²) in [4.78, 5) is 10.6. The van der Waals surface area contributed by atoms with Gasteiger partial charge in [0.15, 0.2) is 0 Å². The molecule has 1 aromatic rings. The lowest BCUT2D eigenvalue weighted by Gasteiger charge is -2.08. The van der Waals surface area contributed by atoms with Crippen LogP contribution in [0.3, 0.4) is 0 Å². The molecule has 0 radical (unpaired) electrons. The molecule has 0 fully saturated rings. The van der Waals surface area contributed by atoms with Crippen LogP contribution in [0.15, 0.2) is 22.7 Å². The van der Waals surface area contributed by atoms with Gasteiger partial charge < -0.3 is 5.32 Å². The first-order valence-electron chi connectivity index (χ1n) is 3.94. The fourth-order valence-electron chi connectivity index (χ4n) is 1.01. The molecule has 0 aromatic heterocycles. The second-order valence-corrected chi connectivity index (χ2v) is 3.88. The molecule has 82 valence electrons. The first kappa shape index (κ1) is 12.0. The van der Waals surface area contributed by atoms with E-state index in [0.29, 0.717) is 4.47 Å². The van der Waals surface area contributed by atoms with Crippen molar-refractivity contribution in [3.05, 3.63) is 28.2 Å². The molecule has 15 heavy (non-hydrogen) atoms. The van der Waals surface area contributed by atoms with Gasteiger partial charge in [-0.05, 0) is 30.7 Å². The number of anilines is 1. The number of halogens is 4. The lowest BCUT2D eigenvalue weighted by Crippen LogP contribution is -2.29. The van der Waals surface area contributed by atoms with Gasteiger partial charge in [-0.15, -0.1) is 0 Å². The van der Waals surface area contributed by atoms with Crippen molar-refractivity contribution >= 4 is 27.5 Å². The van der Waals surface area contributed by atoms with E-state index in [9.17, 15) is 18.0 Å². The van der Waals surface area contributed by atoms with E-state index in [4.69, 9.17) is 0 Å². The topological polar surface area (TPSA) is 29.1 Å². The molecule has 0 aliphatic rings. The van der Waals surface area contributed by atoms with Gasteiger partial charge in [-0.3, -0.25) is 4.79 Å². The standard InChI is InChI=1S/C9H7BrF3NO/c1-5-2-6(10)4-7(3-5)14-8(15)9(11,12)13/h2-4H,1H3,(H,14,15). The van der Waals surface area contributed by atoms with Gasteiger partial charge in [0.25, 0.3) is 0 Å². The zero-order chi connectivity index (χ0) is 11.6. The van der Waals surface area contributed by atoms with Crippen molar-refractivity contribution in [2.24, 2.45) is 0 Å². The van der Waals surface area contributed by atoms with Crippen molar-refractivity contribution in [1.82, 2.24) is 0 Å². The average molecular weight is 282 g/mol. The first-order valence-corrected chi connectivity index (χ1v) is 4.74. The molecule has 0 bridgehead atoms. The molecule has 6 heteroatoms. The average Bonchev–Trinajstić information content (AvgIpc) is 1.99. The van der Waals surface area contributed by atoms with Gasteiger partial charge in [-0.25, -0.2) is 0 Å². The summed E-state index contributed by atoms with van der Waals surface area (Å²) in [6, 6.07) is 4.58. The number of alkyl halides is 3. The minimum absolute atomic E-state index is 0.115. The second kappa shape index (κ2) is 4.22. The Morgan fingerprint density at radius 3 is 2.40 bits per heavy atom. The second-order valence-electron chi connectivity index (χ2n) is 2.97. The Kier molecular flexibility index (Phi) is 3.38. The number of amides is 1. The van der Waals surface area contributed by atoms with E-state index in [2.05, 4.69) is 15.9 Å². The van der Waals surface area contributed by atoms with Crippen LogP contribution in [0.4, 0.5) is 18.9 Å². The monoisotopic (exact) mass is 281 g/mol. The van der Waals surface area contributed by atoms with E-state index < -0.39 is 12.1 Å². The van der Waals surface area contributed by atoms with Crippen LogP contribution in [0.2, 0.25) is 0 Å². The highest BCUT2D eigenvalue weighted by molar-refractivity contribution is 9.10. The van der Waals surface area contributed by atoms with Gasteiger partial charge in [0.05, 0.1) is 0 Å². The van der Waals surface area contributed by atoms with Crippen LogP contribution in [0.25, 0.3) is 0 Å². The molecular formula is C9H7BrF3NO. The van der Waals surface area contributed by atoms with E-state index in [-0.39, 0.29) is 5.69 Å². The molecule has 0 saturated carbocycles. The van der Waals surface area contributed by atoms with Gasteiger partial charge in [-0.2, -0.15) is 13.2 Å². The molecule has 0 saturated heterocycles. The maximum Gasteiger partial charge on any atom is 0.471 e. The van der Waals surface area contributed by atoms with Crippen molar-refractivity contribution in [3.63, 3.8) is 0 Å². The summed E-state index contributed by atoms with van der Waals surface area (Å²) in [7, 11) is 0. The quantitative estimate of drug-likeness (QED) is 0.841. The van der Waals surface area contributed by atoms with E-state index in [1.165, 1.54) is 12.1 Å². The molecule has 2 nitrogen and oxygen atoms in total. The van der Waals surface area contributed by atoms with Crippen LogP contribution in [0.5, 0.6) is 0 Å². The van der Waals surface area contributed by atoms with Crippen molar-refractivity contribution in [2.45, 2.75) is 13.1 Å². The Balaban J connectivity index is 2.86. The number of aryl methyl sites for hydroxylation is 1. The summed E-state index contributed by atoms with van der Waals surface area (Å²) >= 11 is 3.12. The fourth-order valence-corrected chi connectivity index (χ4v) is 1.62. The summed E-state index contributed by atoms with van der Waals surface area (Å²) in [5.74, 6) is -1.97. The molecular weight excluding hydrogens is 275 g/mol. The number of benzene rings is 1. The highest BCUT2D eigenvalue weighted by Crippen LogP contribution is 2.22. The van der Waals surface area contributed by atoms with Crippen molar-refractivity contribution in [3.8, 4) is 0 Å². The number of hydrogen-bond acceptors (Lipinski definition) is 1. The van der Waals surface area contributed by atoms with Gasteiger partial charge in [0, 0.05) is 10.2 Å². The lowest BCUT2D eigenvalue weighted by molar-refractivity contribution is -0.167. The van der Waals surface area contributed by atoms with Crippen LogP contribution in [0, 0.1) is 6.92 Å². The van der Waals surface area contributed by atoms with Crippen LogP contribution in [-0.4, -0.2) is 12.1 Å². The Bertz CT molecular complexity index is 369. The maximum atomic E-state index is 11.9. The molecule has 0 unspecified atom stereocenters. The van der Waals surface area contributed by atoms with Gasteiger partial charge in [0.2, 0.25) is 0 Å². The molecule has 1 N–H and O–H groups in total. The van der Waals surface area contributed by atoms with Crippen molar-refractivity contribution in [1.29, 1.82) is 0 Å². The molecule has 1 rings (SSSR count). The number of hydrogen-bond donors (Lipinski definition) is 1. The Labute approximate surface area is 92.6 Å². The van der Waals surface area contributed by atoms with Crippen LogP contribution >= 0.6 is 15.9 Å². The molecule has 0 atom stereocenters. The number of rotatable bonds is 1. The predicted molar refractivity (Wildman–Crippen MR) is 53.6 cm³/mol. The van der Waals surface area contributed by atoms with E-state index in [0.717, 1.165) is 5.56 Å².